The van der Waals surface area contributed by atoms with Gasteiger partial charge in [0, 0.05) is 6.54 Å². The first-order chi connectivity index (χ1) is 13.1. The fourth-order valence-corrected chi connectivity index (χ4v) is 2.89. The fraction of sp³-hybridized carbons (Fsp3) is 0.176. The Kier molecular flexibility index (Phi) is 6.31. The van der Waals surface area contributed by atoms with Crippen LogP contribution in [-0.4, -0.2) is 38.5 Å². The van der Waals surface area contributed by atoms with Crippen LogP contribution in [0, 0.1) is 0 Å². The van der Waals surface area contributed by atoms with Gasteiger partial charge < -0.3 is 10.1 Å². The number of alkyl halides is 2. The first kappa shape index (κ1) is 18.8. The molecule has 0 unspecified atom stereocenters. The van der Waals surface area contributed by atoms with E-state index in [0.29, 0.717) is 5.16 Å². The van der Waals surface area contributed by atoms with Crippen molar-refractivity contribution < 1.29 is 18.3 Å². The number of nitrogens with zero attached hydrogens (tertiary/aromatic N) is 4. The van der Waals surface area contributed by atoms with Crippen molar-refractivity contribution >= 4 is 17.7 Å². The normalized spacial score (nSPS) is 10.8. The number of thioether (sulfide) groups is 1. The monoisotopic (exact) mass is 391 g/mol. The summed E-state index contributed by atoms with van der Waals surface area (Å²) in [4.78, 5) is 12.0. The molecule has 0 radical (unpaired) electrons. The number of hydrogen-bond acceptors (Lipinski definition) is 6. The number of nitrogens with one attached hydrogen (secondary N) is 1. The molecule has 10 heteroatoms. The molecule has 1 amide bonds. The highest BCUT2D eigenvalue weighted by Gasteiger charge is 2.11. The summed E-state index contributed by atoms with van der Waals surface area (Å²) in [7, 11) is 0. The molecule has 0 fully saturated rings. The van der Waals surface area contributed by atoms with Crippen molar-refractivity contribution in [2.75, 3.05) is 5.75 Å². The highest BCUT2D eigenvalue weighted by molar-refractivity contribution is 7.99. The second-order valence-corrected chi connectivity index (χ2v) is 6.24. The Morgan fingerprint density at radius 1 is 1.15 bits per heavy atom. The third-order valence-electron chi connectivity index (χ3n) is 3.41. The highest BCUT2D eigenvalue weighted by atomic mass is 32.2. The molecule has 3 rings (SSSR count). The number of carbonyl (C=O) groups excluding carboxylic acids is 1. The van der Waals surface area contributed by atoms with Crippen LogP contribution in [0.5, 0.6) is 5.75 Å². The molecule has 0 saturated carbocycles. The Labute approximate surface area is 157 Å². The second-order valence-electron chi connectivity index (χ2n) is 5.30. The highest BCUT2D eigenvalue weighted by Crippen LogP contribution is 2.18. The molecule has 0 aliphatic carbocycles. The minimum Gasteiger partial charge on any atom is -0.435 e. The maximum Gasteiger partial charge on any atom is 0.387 e. The van der Waals surface area contributed by atoms with Crippen molar-refractivity contribution in [3.05, 3.63) is 60.2 Å². The van der Waals surface area contributed by atoms with Crippen molar-refractivity contribution in [3.8, 4) is 11.4 Å². The van der Waals surface area contributed by atoms with Gasteiger partial charge in [0.25, 0.3) is 0 Å². The summed E-state index contributed by atoms with van der Waals surface area (Å²) in [6, 6.07) is 15.4. The second kappa shape index (κ2) is 9.08. The number of amides is 1. The van der Waals surface area contributed by atoms with Crippen LogP contribution in [0.2, 0.25) is 0 Å². The Hall–Kier alpha value is -3.01. The number of halogens is 2. The Morgan fingerprint density at radius 3 is 2.59 bits per heavy atom. The van der Waals surface area contributed by atoms with Crippen LogP contribution < -0.4 is 10.1 Å². The van der Waals surface area contributed by atoms with Gasteiger partial charge in [-0.3, -0.25) is 4.79 Å². The minimum atomic E-state index is -2.86. The lowest BCUT2D eigenvalue weighted by molar-refractivity contribution is -0.118. The van der Waals surface area contributed by atoms with Crippen molar-refractivity contribution in [1.29, 1.82) is 0 Å². The zero-order valence-corrected chi connectivity index (χ0v) is 14.8. The van der Waals surface area contributed by atoms with E-state index in [0.717, 1.165) is 11.3 Å². The lowest BCUT2D eigenvalue weighted by atomic mass is 10.2. The average molecular weight is 391 g/mol. The fourth-order valence-electron chi connectivity index (χ4n) is 2.17. The third-order valence-corrected chi connectivity index (χ3v) is 4.33. The maximum atomic E-state index is 12.1. The van der Waals surface area contributed by atoms with Gasteiger partial charge >= 0.3 is 6.61 Å². The average Bonchev–Trinajstić information content (AvgIpc) is 3.15. The van der Waals surface area contributed by atoms with E-state index in [1.165, 1.54) is 23.9 Å². The molecular formula is C17H15F2N5O2S. The van der Waals surface area contributed by atoms with E-state index >= 15 is 0 Å². The molecule has 0 aliphatic rings. The van der Waals surface area contributed by atoms with Gasteiger partial charge in [0.15, 0.2) is 0 Å². The molecule has 1 aromatic heterocycles. The molecule has 1 heterocycles. The number of para-hydroxylation sites is 1. The van der Waals surface area contributed by atoms with Gasteiger partial charge in [0.2, 0.25) is 11.1 Å². The van der Waals surface area contributed by atoms with E-state index < -0.39 is 6.61 Å². The summed E-state index contributed by atoms with van der Waals surface area (Å²) in [5.41, 5.74) is 1.57. The molecule has 1 N–H and O–H groups in total. The molecule has 0 spiro atoms. The molecule has 0 bridgehead atoms. The van der Waals surface area contributed by atoms with Crippen LogP contribution in [0.4, 0.5) is 8.78 Å². The molecular weight excluding hydrogens is 376 g/mol. The predicted molar refractivity (Wildman–Crippen MR) is 94.8 cm³/mol. The molecule has 0 aliphatic heterocycles. The largest absolute Gasteiger partial charge is 0.435 e. The smallest absolute Gasteiger partial charge is 0.387 e. The van der Waals surface area contributed by atoms with Gasteiger partial charge in [-0.05, 0) is 40.3 Å². The zero-order chi connectivity index (χ0) is 19.1. The van der Waals surface area contributed by atoms with Gasteiger partial charge in [-0.2, -0.15) is 13.5 Å². The summed E-state index contributed by atoms with van der Waals surface area (Å²) in [6.45, 7) is -2.59. The van der Waals surface area contributed by atoms with Crippen LogP contribution in [0.3, 0.4) is 0 Å². The molecule has 2 aromatic carbocycles. The van der Waals surface area contributed by atoms with Crippen LogP contribution in [0.25, 0.3) is 5.69 Å². The Morgan fingerprint density at radius 2 is 1.89 bits per heavy atom. The van der Waals surface area contributed by atoms with Crippen LogP contribution in [0.15, 0.2) is 59.8 Å². The van der Waals surface area contributed by atoms with Crippen molar-refractivity contribution in [1.82, 2.24) is 25.5 Å². The first-order valence-corrected chi connectivity index (χ1v) is 8.87. The molecule has 0 saturated heterocycles. The summed E-state index contributed by atoms with van der Waals surface area (Å²) in [5, 5.41) is 14.8. The third kappa shape index (κ3) is 5.48. The number of benzene rings is 2. The number of tetrazole rings is 1. The molecule has 3 aromatic rings. The van der Waals surface area contributed by atoms with Crippen molar-refractivity contribution in [2.45, 2.75) is 18.3 Å². The first-order valence-electron chi connectivity index (χ1n) is 7.89. The molecule has 7 nitrogen and oxygen atoms in total. The van der Waals surface area contributed by atoms with Crippen LogP contribution in [-0.2, 0) is 11.3 Å². The van der Waals surface area contributed by atoms with Gasteiger partial charge in [0.1, 0.15) is 5.75 Å². The van der Waals surface area contributed by atoms with Gasteiger partial charge in [-0.15, -0.1) is 5.10 Å². The van der Waals surface area contributed by atoms with Crippen LogP contribution >= 0.6 is 11.8 Å². The molecule has 140 valence electrons. The summed E-state index contributed by atoms with van der Waals surface area (Å²) >= 11 is 1.21. The quantitative estimate of drug-likeness (QED) is 0.595. The molecule has 27 heavy (non-hydrogen) atoms. The number of ether oxygens (including phenoxy) is 1. The van der Waals surface area contributed by atoms with E-state index in [1.807, 2.05) is 30.3 Å². The Bertz CT molecular complexity index is 875. The molecule has 0 atom stereocenters. The van der Waals surface area contributed by atoms with E-state index in [-0.39, 0.29) is 24.0 Å². The maximum absolute atomic E-state index is 12.1. The SMILES string of the molecule is O=C(CSc1nnnn1-c1ccccc1)NCc1ccc(OC(F)F)cc1. The van der Waals surface area contributed by atoms with E-state index in [1.54, 1.807) is 16.8 Å². The lowest BCUT2D eigenvalue weighted by Gasteiger charge is -2.07. The van der Waals surface area contributed by atoms with E-state index in [9.17, 15) is 13.6 Å². The number of rotatable bonds is 8. The minimum absolute atomic E-state index is 0.0726. The number of aromatic nitrogens is 4. The van der Waals surface area contributed by atoms with E-state index in [2.05, 4.69) is 25.6 Å². The summed E-state index contributed by atoms with van der Waals surface area (Å²) in [5.74, 6) is 0.0127. The van der Waals surface area contributed by atoms with Crippen LogP contribution in [0.1, 0.15) is 5.56 Å². The Balaban J connectivity index is 1.49. The van der Waals surface area contributed by atoms with Gasteiger partial charge in [-0.1, -0.05) is 42.1 Å². The zero-order valence-electron chi connectivity index (χ0n) is 14.0. The number of hydrogen-bond donors (Lipinski definition) is 1. The summed E-state index contributed by atoms with van der Waals surface area (Å²) in [6.07, 6.45) is 0. The van der Waals surface area contributed by atoms with Gasteiger partial charge in [-0.25, -0.2) is 0 Å². The topological polar surface area (TPSA) is 81.9 Å². The van der Waals surface area contributed by atoms with E-state index in [4.69, 9.17) is 0 Å². The van der Waals surface area contributed by atoms with Gasteiger partial charge in [0.05, 0.1) is 11.4 Å². The van der Waals surface area contributed by atoms with Crippen molar-refractivity contribution in [3.63, 3.8) is 0 Å². The van der Waals surface area contributed by atoms with Crippen molar-refractivity contribution in [2.24, 2.45) is 0 Å². The predicted octanol–water partition coefficient (Wildman–Crippen LogP) is 2.67. The lowest BCUT2D eigenvalue weighted by Crippen LogP contribution is -2.24. The number of carbonyl (C=O) groups is 1. The summed E-state index contributed by atoms with van der Waals surface area (Å²) < 4.78 is 30.1. The standard InChI is InChI=1S/C17H15F2N5O2S/c18-16(19)26-14-8-6-12(7-9-14)10-20-15(25)11-27-17-21-22-23-24(17)13-4-2-1-3-5-13/h1-9,16H,10-11H2,(H,20,25).